The van der Waals surface area contributed by atoms with E-state index in [4.69, 9.17) is 5.73 Å². The lowest BCUT2D eigenvalue weighted by molar-refractivity contribution is -0.275. The highest BCUT2D eigenvalue weighted by molar-refractivity contribution is 5.92. The van der Waals surface area contributed by atoms with E-state index in [9.17, 15) is 22.4 Å². The lowest BCUT2D eigenvalue weighted by atomic mass is 10.1. The van der Waals surface area contributed by atoms with Crippen molar-refractivity contribution in [1.29, 1.82) is 0 Å². The number of pyridine rings is 1. The molecule has 5 nitrogen and oxygen atoms in total. The highest BCUT2D eigenvalue weighted by atomic mass is 19.4. The van der Waals surface area contributed by atoms with Crippen LogP contribution >= 0.6 is 0 Å². The third kappa shape index (κ3) is 9.31. The topological polar surface area (TPSA) is 79.3 Å². The number of benzene rings is 1. The number of amides is 1. The number of rotatable bonds is 4. The molecule has 0 saturated heterocycles. The molecule has 1 amide bonds. The molecule has 2 N–H and O–H groups in total. The third-order valence-electron chi connectivity index (χ3n) is 3.14. The Kier molecular flexibility index (Phi) is 7.92. The Labute approximate surface area is 160 Å². The maximum Gasteiger partial charge on any atom is 0.573 e. The molecule has 1 heterocycles. The molecule has 154 valence electrons. The van der Waals surface area contributed by atoms with Crippen LogP contribution in [0.25, 0.3) is 5.32 Å². The molecule has 0 bridgehead atoms. The standard InChI is InChI=1S/C12H14F4NO.C7H8N2O/c1-11(2,3)17-7-8-4-5-10(9(13)6-8)18-12(14,15)16;1-5-4-6(7(8)10)2-3-9-5/h4-6H,7H2,1-3H3;2-4H,1H3,(H2,8,10)/q-1;. The van der Waals surface area contributed by atoms with Crippen molar-refractivity contribution in [1.82, 2.24) is 4.98 Å². The van der Waals surface area contributed by atoms with Gasteiger partial charge in [-0.05, 0) is 31.2 Å². The molecule has 0 fully saturated rings. The average molecular weight is 400 g/mol. The molecule has 0 unspecified atom stereocenters. The Balaban J connectivity index is 0.000000330. The fourth-order valence-electron chi connectivity index (χ4n) is 1.88. The van der Waals surface area contributed by atoms with E-state index in [1.54, 1.807) is 18.3 Å². The molecule has 2 aromatic rings. The first-order chi connectivity index (χ1) is 12.8. The molecule has 2 rings (SSSR count). The lowest BCUT2D eigenvalue weighted by Gasteiger charge is -2.36. The summed E-state index contributed by atoms with van der Waals surface area (Å²) in [5.74, 6) is -2.29. The Morgan fingerprint density at radius 1 is 1.18 bits per heavy atom. The lowest BCUT2D eigenvalue weighted by Crippen LogP contribution is -2.18. The van der Waals surface area contributed by atoms with Crippen molar-refractivity contribution in [2.75, 3.05) is 0 Å². The van der Waals surface area contributed by atoms with Crippen molar-refractivity contribution in [3.8, 4) is 5.75 Å². The maximum absolute atomic E-state index is 13.3. The van der Waals surface area contributed by atoms with Gasteiger partial charge in [-0.15, -0.1) is 25.3 Å². The van der Waals surface area contributed by atoms with Crippen molar-refractivity contribution in [2.45, 2.75) is 46.1 Å². The van der Waals surface area contributed by atoms with E-state index >= 15 is 0 Å². The second-order valence-corrected chi connectivity index (χ2v) is 6.85. The number of hydrogen-bond donors (Lipinski definition) is 1. The van der Waals surface area contributed by atoms with Gasteiger partial charge < -0.3 is 15.8 Å². The second kappa shape index (κ2) is 9.50. The van der Waals surface area contributed by atoms with Crippen LogP contribution in [0.5, 0.6) is 5.75 Å². The van der Waals surface area contributed by atoms with Crippen LogP contribution in [0.1, 0.15) is 42.4 Å². The first kappa shape index (κ1) is 23.4. The van der Waals surface area contributed by atoms with E-state index in [-0.39, 0.29) is 12.1 Å². The van der Waals surface area contributed by atoms with Crippen molar-refractivity contribution < 1.29 is 27.1 Å². The molecular weight excluding hydrogens is 378 g/mol. The molecule has 0 atom stereocenters. The van der Waals surface area contributed by atoms with Crippen LogP contribution in [0.15, 0.2) is 36.5 Å². The van der Waals surface area contributed by atoms with E-state index in [2.05, 4.69) is 15.0 Å². The number of nitrogens with zero attached hydrogens (tertiary/aromatic N) is 2. The Morgan fingerprint density at radius 2 is 1.82 bits per heavy atom. The van der Waals surface area contributed by atoms with Gasteiger partial charge in [-0.25, -0.2) is 4.39 Å². The Morgan fingerprint density at radius 3 is 2.25 bits per heavy atom. The van der Waals surface area contributed by atoms with Crippen LogP contribution in [0.4, 0.5) is 17.6 Å². The molecule has 1 aromatic heterocycles. The molecule has 0 spiro atoms. The zero-order valence-electron chi connectivity index (χ0n) is 16.0. The largest absolute Gasteiger partial charge is 0.654 e. The summed E-state index contributed by atoms with van der Waals surface area (Å²) in [7, 11) is 0. The molecule has 9 heteroatoms. The summed E-state index contributed by atoms with van der Waals surface area (Å²) in [5.41, 5.74) is 6.54. The van der Waals surface area contributed by atoms with Gasteiger partial charge in [0.15, 0.2) is 11.6 Å². The van der Waals surface area contributed by atoms with Gasteiger partial charge in [0.25, 0.3) is 0 Å². The van der Waals surface area contributed by atoms with Gasteiger partial charge in [0.05, 0.1) is 0 Å². The first-order valence-corrected chi connectivity index (χ1v) is 8.22. The van der Waals surface area contributed by atoms with Gasteiger partial charge in [-0.2, -0.15) is 0 Å². The Hall–Kier alpha value is -2.68. The average Bonchev–Trinajstić information content (AvgIpc) is 2.54. The van der Waals surface area contributed by atoms with Crippen LogP contribution < -0.4 is 10.5 Å². The van der Waals surface area contributed by atoms with Gasteiger partial charge >= 0.3 is 6.36 Å². The van der Waals surface area contributed by atoms with Crippen LogP contribution in [0, 0.1) is 12.7 Å². The van der Waals surface area contributed by atoms with Gasteiger partial charge in [-0.1, -0.05) is 32.4 Å². The summed E-state index contributed by atoms with van der Waals surface area (Å²) in [6.45, 7) is 7.69. The predicted molar refractivity (Wildman–Crippen MR) is 97.4 cm³/mol. The first-order valence-electron chi connectivity index (χ1n) is 8.22. The van der Waals surface area contributed by atoms with Crippen molar-refractivity contribution in [2.24, 2.45) is 5.73 Å². The van der Waals surface area contributed by atoms with E-state index in [1.807, 2.05) is 27.7 Å². The Bertz CT molecular complexity index is 802. The number of hydrogen-bond acceptors (Lipinski definition) is 3. The van der Waals surface area contributed by atoms with Gasteiger partial charge in [0, 0.05) is 17.5 Å². The van der Waals surface area contributed by atoms with E-state index in [1.165, 1.54) is 6.07 Å². The molecule has 0 aliphatic heterocycles. The van der Waals surface area contributed by atoms with Crippen LogP contribution in [0.2, 0.25) is 0 Å². The third-order valence-corrected chi connectivity index (χ3v) is 3.14. The number of ether oxygens (including phenoxy) is 1. The molecule has 28 heavy (non-hydrogen) atoms. The maximum atomic E-state index is 13.3. The minimum atomic E-state index is -4.89. The van der Waals surface area contributed by atoms with Gasteiger partial charge in [0.2, 0.25) is 5.91 Å². The van der Waals surface area contributed by atoms with Crippen molar-refractivity contribution in [3.05, 3.63) is 64.5 Å². The highest BCUT2D eigenvalue weighted by Gasteiger charge is 2.32. The van der Waals surface area contributed by atoms with Crippen molar-refractivity contribution >= 4 is 5.91 Å². The SMILES string of the molecule is CC(C)(C)[N-]Cc1ccc(OC(F)(F)F)c(F)c1.Cc1cc(C(N)=O)ccn1. The number of carbonyl (C=O) groups excluding carboxylic acids is 1. The normalized spacial score (nSPS) is 11.4. The molecule has 1 aromatic carbocycles. The fourth-order valence-corrected chi connectivity index (χ4v) is 1.88. The minimum absolute atomic E-state index is 0.243. The zero-order chi connectivity index (χ0) is 21.5. The minimum Gasteiger partial charge on any atom is -0.654 e. The summed E-state index contributed by atoms with van der Waals surface area (Å²) in [6.07, 6.45) is -3.33. The van der Waals surface area contributed by atoms with E-state index < -0.39 is 23.8 Å². The van der Waals surface area contributed by atoms with Crippen LogP contribution in [-0.2, 0) is 6.54 Å². The smallest absolute Gasteiger partial charge is 0.573 e. The predicted octanol–water partition coefficient (Wildman–Crippen LogP) is 4.89. The number of primary amides is 1. The van der Waals surface area contributed by atoms with Crippen molar-refractivity contribution in [3.63, 3.8) is 0 Å². The van der Waals surface area contributed by atoms with E-state index in [0.717, 1.165) is 17.8 Å². The van der Waals surface area contributed by atoms with Gasteiger partial charge in [0.1, 0.15) is 0 Å². The summed E-state index contributed by atoms with van der Waals surface area (Å²) in [4.78, 5) is 14.5. The van der Waals surface area contributed by atoms with Crippen LogP contribution in [-0.4, -0.2) is 22.8 Å². The second-order valence-electron chi connectivity index (χ2n) is 6.85. The number of aryl methyl sites for hydroxylation is 1. The zero-order valence-corrected chi connectivity index (χ0v) is 16.0. The molecule has 0 aliphatic carbocycles. The number of nitrogens with two attached hydrogens (primary N) is 1. The molecule has 0 saturated carbocycles. The number of aromatic nitrogens is 1. The summed E-state index contributed by atoms with van der Waals surface area (Å²) in [5, 5.41) is 4.24. The molecule has 0 aliphatic rings. The van der Waals surface area contributed by atoms with Crippen LogP contribution in [0.3, 0.4) is 0 Å². The summed E-state index contributed by atoms with van der Waals surface area (Å²) in [6, 6.07) is 6.56. The summed E-state index contributed by atoms with van der Waals surface area (Å²) >= 11 is 0. The quantitative estimate of drug-likeness (QED) is 0.743. The fraction of sp³-hybridized carbons (Fsp3) is 0.368. The van der Waals surface area contributed by atoms with Gasteiger partial charge in [-0.3, -0.25) is 9.78 Å². The molecular formula is C19H22F4N3O2-. The monoisotopic (exact) mass is 400 g/mol. The number of halogens is 4. The number of alkyl halides is 3. The molecule has 0 radical (unpaired) electrons. The number of carbonyl (C=O) groups is 1. The highest BCUT2D eigenvalue weighted by Crippen LogP contribution is 2.27. The summed E-state index contributed by atoms with van der Waals surface area (Å²) < 4.78 is 52.6. The van der Waals surface area contributed by atoms with E-state index in [0.29, 0.717) is 11.1 Å².